The van der Waals surface area contributed by atoms with Crippen LogP contribution in [0.15, 0.2) is 0 Å². The Morgan fingerprint density at radius 3 is 2.67 bits per heavy atom. The van der Waals surface area contributed by atoms with Gasteiger partial charge in [0.05, 0.1) is 5.88 Å². The van der Waals surface area contributed by atoms with E-state index >= 15 is 0 Å². The highest BCUT2D eigenvalue weighted by atomic mass is 35.5. The Labute approximate surface area is 65.3 Å². The first kappa shape index (κ1) is 9.77. The van der Waals surface area contributed by atoms with Gasteiger partial charge in [-0.1, -0.05) is 18.5 Å². The summed E-state index contributed by atoms with van der Waals surface area (Å²) in [5, 5.41) is 0. The third-order valence-electron chi connectivity index (χ3n) is 0.669. The quantitative estimate of drug-likeness (QED) is 0.503. The van der Waals surface area contributed by atoms with Crippen LogP contribution in [-0.2, 0) is 9.09 Å². The average Bonchev–Trinajstić information content (AvgIpc) is 1.87. The first-order chi connectivity index (χ1) is 4.20. The lowest BCUT2D eigenvalue weighted by molar-refractivity contribution is 0.317. The van der Waals surface area contributed by atoms with E-state index in [1.165, 1.54) is 0 Å². The van der Waals surface area contributed by atoms with E-state index in [2.05, 4.69) is 0 Å². The van der Waals surface area contributed by atoms with Crippen LogP contribution in [0.25, 0.3) is 0 Å². The lowest BCUT2D eigenvalue weighted by Gasteiger charge is -2.04. The molecule has 0 aromatic heterocycles. The monoisotopic (exact) mass is 190 g/mol. The molecule has 2 unspecified atom stereocenters. The van der Waals surface area contributed by atoms with Gasteiger partial charge < -0.3 is 4.52 Å². The minimum Gasteiger partial charge on any atom is -0.310 e. The summed E-state index contributed by atoms with van der Waals surface area (Å²) in [6, 6.07) is 0. The topological polar surface area (TPSA) is 26.3 Å². The number of rotatable bonds is 4. The first-order valence-corrected chi connectivity index (χ1v) is 5.09. The molecule has 0 aliphatic rings. The number of halogens is 2. The molecule has 0 aromatic rings. The van der Waals surface area contributed by atoms with Crippen LogP contribution in [0.5, 0.6) is 0 Å². The fourth-order valence-electron chi connectivity index (χ4n) is 0.257. The molecule has 0 spiro atoms. The molecule has 2 nitrogen and oxygen atoms in total. The Kier molecular flexibility index (Phi) is 6.02. The highest BCUT2D eigenvalue weighted by molar-refractivity contribution is 7.39. The maximum atomic E-state index is 10.6. The van der Waals surface area contributed by atoms with Gasteiger partial charge in [0.15, 0.2) is 13.6 Å². The van der Waals surface area contributed by atoms with Crippen LogP contribution < -0.4 is 0 Å². The van der Waals surface area contributed by atoms with Gasteiger partial charge in [-0.3, -0.25) is 4.57 Å². The summed E-state index contributed by atoms with van der Waals surface area (Å²) < 4.78 is 15.3. The van der Waals surface area contributed by atoms with Gasteiger partial charge in [0.1, 0.15) is 0 Å². The van der Waals surface area contributed by atoms with Crippen LogP contribution in [-0.4, -0.2) is 17.6 Å². The maximum Gasteiger partial charge on any atom is 0.192 e. The highest BCUT2D eigenvalue weighted by Crippen LogP contribution is 2.25. The molecule has 2 atom stereocenters. The summed E-state index contributed by atoms with van der Waals surface area (Å²) in [6.45, 7) is 1.78. The minimum atomic E-state index is -1.91. The van der Waals surface area contributed by atoms with E-state index in [4.69, 9.17) is 27.7 Å². The minimum absolute atomic E-state index is 0.179. The SMILES string of the molecule is CC[PH](=O)OC(Cl)CCl. The molecule has 0 bridgehead atoms. The predicted molar refractivity (Wildman–Crippen MR) is 41.0 cm³/mol. The zero-order chi connectivity index (χ0) is 7.28. The fourth-order valence-corrected chi connectivity index (χ4v) is 1.26. The molecule has 0 saturated heterocycles. The molecule has 0 amide bonds. The molecule has 56 valence electrons. The van der Waals surface area contributed by atoms with Crippen molar-refractivity contribution < 1.29 is 9.09 Å². The molecule has 0 fully saturated rings. The lowest BCUT2D eigenvalue weighted by atomic mass is 10.9. The van der Waals surface area contributed by atoms with Crippen LogP contribution in [0.4, 0.5) is 0 Å². The van der Waals surface area contributed by atoms with E-state index in [1.807, 2.05) is 0 Å². The molecule has 0 aromatic carbocycles. The number of hydrogen-bond acceptors (Lipinski definition) is 2. The zero-order valence-electron chi connectivity index (χ0n) is 5.06. The van der Waals surface area contributed by atoms with Gasteiger partial charge in [0.2, 0.25) is 0 Å². The van der Waals surface area contributed by atoms with Gasteiger partial charge >= 0.3 is 0 Å². The third kappa shape index (κ3) is 5.23. The van der Waals surface area contributed by atoms with Crippen molar-refractivity contribution in [2.75, 3.05) is 12.0 Å². The van der Waals surface area contributed by atoms with Gasteiger partial charge in [-0.2, -0.15) is 0 Å². The molecule has 0 aliphatic carbocycles. The normalized spacial score (nSPS) is 17.2. The third-order valence-corrected chi connectivity index (χ3v) is 2.63. The second kappa shape index (κ2) is 5.55. The smallest absolute Gasteiger partial charge is 0.192 e. The van der Waals surface area contributed by atoms with Crippen molar-refractivity contribution in [3.05, 3.63) is 0 Å². The van der Waals surface area contributed by atoms with Crippen LogP contribution in [0.1, 0.15) is 6.92 Å². The zero-order valence-corrected chi connectivity index (χ0v) is 7.58. The summed E-state index contributed by atoms with van der Waals surface area (Å²) in [5.74, 6) is 0.179. The highest BCUT2D eigenvalue weighted by Gasteiger charge is 2.04. The second-order valence-electron chi connectivity index (χ2n) is 1.41. The van der Waals surface area contributed by atoms with Crippen molar-refractivity contribution in [3.63, 3.8) is 0 Å². The first-order valence-electron chi connectivity index (χ1n) is 2.60. The van der Waals surface area contributed by atoms with Gasteiger partial charge in [-0.25, -0.2) is 0 Å². The maximum absolute atomic E-state index is 10.6. The van der Waals surface area contributed by atoms with Crippen molar-refractivity contribution in [1.82, 2.24) is 0 Å². The average molecular weight is 191 g/mol. The molecule has 5 heteroatoms. The summed E-state index contributed by atoms with van der Waals surface area (Å²) in [7, 11) is -1.91. The van der Waals surface area contributed by atoms with E-state index < -0.39 is 13.6 Å². The van der Waals surface area contributed by atoms with Crippen LogP contribution in [0.2, 0.25) is 0 Å². The molecule has 0 aliphatic heterocycles. The van der Waals surface area contributed by atoms with Crippen molar-refractivity contribution in [2.24, 2.45) is 0 Å². The number of hydrogen-bond donors (Lipinski definition) is 0. The Morgan fingerprint density at radius 1 is 1.78 bits per heavy atom. The van der Waals surface area contributed by atoms with Crippen molar-refractivity contribution in [3.8, 4) is 0 Å². The molecule has 0 heterocycles. The number of alkyl halides is 2. The second-order valence-corrected chi connectivity index (χ2v) is 3.89. The standard InChI is InChI=1S/C4H9Cl2O2P/c1-2-9(7)8-4(6)3-5/h4,9H,2-3H2,1H3. The van der Waals surface area contributed by atoms with Gasteiger partial charge in [0, 0.05) is 6.16 Å². The molecular formula is C4H9Cl2O2P. The van der Waals surface area contributed by atoms with E-state index in [-0.39, 0.29) is 5.88 Å². The Morgan fingerprint density at radius 2 is 2.33 bits per heavy atom. The van der Waals surface area contributed by atoms with Crippen LogP contribution in [0, 0.1) is 0 Å². The lowest BCUT2D eigenvalue weighted by Crippen LogP contribution is -2.00. The van der Waals surface area contributed by atoms with E-state index in [1.54, 1.807) is 6.92 Å². The molecule has 0 radical (unpaired) electrons. The fraction of sp³-hybridized carbons (Fsp3) is 1.00. The largest absolute Gasteiger partial charge is 0.310 e. The van der Waals surface area contributed by atoms with Gasteiger partial charge in [0.25, 0.3) is 0 Å². The van der Waals surface area contributed by atoms with Gasteiger partial charge in [-0.15, -0.1) is 11.6 Å². The Balaban J connectivity index is 3.34. The predicted octanol–water partition coefficient (Wildman–Crippen LogP) is 2.30. The van der Waals surface area contributed by atoms with Crippen LogP contribution in [0.3, 0.4) is 0 Å². The summed E-state index contributed by atoms with van der Waals surface area (Å²) in [4.78, 5) is 0. The Bertz CT molecular complexity index is 98.6. The van der Waals surface area contributed by atoms with Crippen molar-refractivity contribution >= 4 is 31.2 Å². The Hall–Kier alpha value is 0.770. The summed E-state index contributed by atoms with van der Waals surface area (Å²) in [5.41, 5.74) is -0.599. The van der Waals surface area contributed by atoms with E-state index in [9.17, 15) is 4.57 Å². The van der Waals surface area contributed by atoms with E-state index in [0.29, 0.717) is 6.16 Å². The van der Waals surface area contributed by atoms with Crippen molar-refractivity contribution in [1.29, 1.82) is 0 Å². The van der Waals surface area contributed by atoms with Crippen LogP contribution >= 0.6 is 31.2 Å². The summed E-state index contributed by atoms with van der Waals surface area (Å²) >= 11 is 10.7. The molecule has 9 heavy (non-hydrogen) atoms. The molecule has 0 saturated carbocycles. The summed E-state index contributed by atoms with van der Waals surface area (Å²) in [6.07, 6.45) is 0.519. The molecule has 0 rings (SSSR count). The van der Waals surface area contributed by atoms with E-state index in [0.717, 1.165) is 0 Å². The molecule has 0 N–H and O–H groups in total. The van der Waals surface area contributed by atoms with Gasteiger partial charge in [-0.05, 0) is 0 Å². The molecular weight excluding hydrogens is 182 g/mol. The van der Waals surface area contributed by atoms with Crippen molar-refractivity contribution in [2.45, 2.75) is 12.5 Å².